The van der Waals surface area contributed by atoms with Gasteiger partial charge in [-0.2, -0.15) is 0 Å². The minimum absolute atomic E-state index is 0.298. The Hall–Kier alpha value is -3.07. The van der Waals surface area contributed by atoms with Gasteiger partial charge in [-0.3, -0.25) is 14.8 Å². The summed E-state index contributed by atoms with van der Waals surface area (Å²) in [4.78, 5) is 23.7. The molecule has 2 rings (SSSR count). The van der Waals surface area contributed by atoms with Gasteiger partial charge in [-0.1, -0.05) is 0 Å². The first kappa shape index (κ1) is 17.3. The van der Waals surface area contributed by atoms with Crippen LogP contribution in [0, 0.1) is 0 Å². The van der Waals surface area contributed by atoms with Crippen molar-refractivity contribution in [2.24, 2.45) is 0 Å². The zero-order valence-corrected chi connectivity index (χ0v) is 13.6. The van der Waals surface area contributed by atoms with E-state index < -0.39 is 22.0 Å². The second kappa shape index (κ2) is 7.01. The number of sulfonamides is 1. The van der Waals surface area contributed by atoms with Gasteiger partial charge >= 0.3 is 6.03 Å². The summed E-state index contributed by atoms with van der Waals surface area (Å²) in [6, 6.07) is 11.4. The summed E-state index contributed by atoms with van der Waals surface area (Å²) < 4.78 is 24.5. The fraction of sp³-hybridized carbons (Fsp3) is 0.0667. The normalized spacial score (nSPS) is 10.7. The molecule has 0 aliphatic heterocycles. The minimum atomic E-state index is -3.37. The molecule has 0 spiro atoms. The maximum atomic E-state index is 11.9. The Morgan fingerprint density at radius 3 is 2.00 bits per heavy atom. The largest absolute Gasteiger partial charge is 0.399 e. The molecule has 0 bridgehead atoms. The number of nitrogen functional groups attached to an aromatic ring is 1. The predicted octanol–water partition coefficient (Wildman–Crippen LogP) is 1.60. The van der Waals surface area contributed by atoms with Gasteiger partial charge in [0.05, 0.1) is 6.26 Å². The van der Waals surface area contributed by atoms with Gasteiger partial charge in [0.2, 0.25) is 10.0 Å². The summed E-state index contributed by atoms with van der Waals surface area (Å²) in [5, 5.41) is 4.65. The average Bonchev–Trinajstić information content (AvgIpc) is 2.48. The number of rotatable bonds is 4. The van der Waals surface area contributed by atoms with Crippen molar-refractivity contribution in [3.8, 4) is 0 Å². The molecule has 2 aromatic carbocycles. The summed E-state index contributed by atoms with van der Waals surface area (Å²) in [5.74, 6) is -0.567. The summed E-state index contributed by atoms with van der Waals surface area (Å²) in [6.45, 7) is 0. The first-order valence-electron chi connectivity index (χ1n) is 6.79. The molecule has 0 radical (unpaired) electrons. The number of benzene rings is 2. The number of imide groups is 1. The molecule has 0 aliphatic carbocycles. The molecule has 0 atom stereocenters. The highest BCUT2D eigenvalue weighted by Crippen LogP contribution is 2.14. The smallest absolute Gasteiger partial charge is 0.326 e. The van der Waals surface area contributed by atoms with Gasteiger partial charge in [-0.15, -0.1) is 0 Å². The van der Waals surface area contributed by atoms with Crippen LogP contribution in [0.25, 0.3) is 0 Å². The molecule has 0 saturated carbocycles. The van der Waals surface area contributed by atoms with E-state index in [0.717, 1.165) is 6.26 Å². The van der Waals surface area contributed by atoms with Gasteiger partial charge in [0.15, 0.2) is 0 Å². The lowest BCUT2D eigenvalue weighted by Crippen LogP contribution is -2.34. The third-order valence-corrected chi connectivity index (χ3v) is 3.45. The molecule has 3 amide bonds. The molecule has 0 unspecified atom stereocenters. The van der Waals surface area contributed by atoms with E-state index in [1.165, 1.54) is 36.4 Å². The second-order valence-corrected chi connectivity index (χ2v) is 6.73. The van der Waals surface area contributed by atoms with Crippen LogP contribution in [-0.2, 0) is 10.0 Å². The van der Waals surface area contributed by atoms with Crippen LogP contribution >= 0.6 is 0 Å². The number of nitrogens with two attached hydrogens (primary N) is 1. The zero-order chi connectivity index (χ0) is 17.7. The molecule has 8 nitrogen and oxygen atoms in total. The highest BCUT2D eigenvalue weighted by atomic mass is 32.2. The number of carbonyl (C=O) groups is 2. The van der Waals surface area contributed by atoms with Crippen molar-refractivity contribution >= 4 is 39.0 Å². The van der Waals surface area contributed by atoms with Gasteiger partial charge in [0.25, 0.3) is 5.91 Å². The topological polar surface area (TPSA) is 130 Å². The van der Waals surface area contributed by atoms with Crippen LogP contribution in [0.1, 0.15) is 10.4 Å². The second-order valence-electron chi connectivity index (χ2n) is 4.98. The van der Waals surface area contributed by atoms with Gasteiger partial charge in [0, 0.05) is 22.6 Å². The number of hydrogen-bond acceptors (Lipinski definition) is 5. The molecular weight excluding hydrogens is 332 g/mol. The van der Waals surface area contributed by atoms with Crippen LogP contribution in [0.2, 0.25) is 0 Å². The zero-order valence-electron chi connectivity index (χ0n) is 12.7. The maximum absolute atomic E-state index is 11.9. The van der Waals surface area contributed by atoms with Crippen molar-refractivity contribution in [1.29, 1.82) is 0 Å². The number of urea groups is 1. The summed E-state index contributed by atoms with van der Waals surface area (Å²) in [6.07, 6.45) is 1.04. The SMILES string of the molecule is CS(=O)(=O)Nc1ccc(NC(=O)NC(=O)c2ccc(N)cc2)cc1. The highest BCUT2D eigenvalue weighted by molar-refractivity contribution is 7.92. The van der Waals surface area contributed by atoms with Crippen LogP contribution in [-0.4, -0.2) is 26.6 Å². The molecule has 0 saturated heterocycles. The van der Waals surface area contributed by atoms with Crippen molar-refractivity contribution in [2.75, 3.05) is 22.0 Å². The first-order chi connectivity index (χ1) is 11.2. The van der Waals surface area contributed by atoms with Crippen molar-refractivity contribution in [3.63, 3.8) is 0 Å². The Labute approximate surface area is 139 Å². The molecule has 126 valence electrons. The Balaban J connectivity index is 1.94. The molecule has 0 aromatic heterocycles. The van der Waals surface area contributed by atoms with Crippen LogP contribution < -0.4 is 21.1 Å². The van der Waals surface area contributed by atoms with Crippen LogP contribution in [0.3, 0.4) is 0 Å². The van der Waals surface area contributed by atoms with E-state index in [-0.39, 0.29) is 0 Å². The van der Waals surface area contributed by atoms with Gasteiger partial charge in [-0.05, 0) is 48.5 Å². The number of anilines is 3. The standard InChI is InChI=1S/C15H16N4O4S/c1-24(22,23)19-13-8-6-12(7-9-13)17-15(21)18-14(20)10-2-4-11(16)5-3-10/h2-9,19H,16H2,1H3,(H2,17,18,20,21). The number of carbonyl (C=O) groups excluding carboxylic acids is 2. The van der Waals surface area contributed by atoms with E-state index in [0.29, 0.717) is 22.6 Å². The Bertz CT molecular complexity index is 846. The Kier molecular flexibility index (Phi) is 5.05. The molecule has 0 heterocycles. The monoisotopic (exact) mass is 348 g/mol. The molecule has 0 aliphatic rings. The van der Waals surface area contributed by atoms with Crippen LogP contribution in [0.4, 0.5) is 21.9 Å². The number of amides is 3. The van der Waals surface area contributed by atoms with Crippen molar-refractivity contribution in [1.82, 2.24) is 5.32 Å². The van der Waals surface area contributed by atoms with E-state index in [9.17, 15) is 18.0 Å². The Morgan fingerprint density at radius 1 is 0.917 bits per heavy atom. The summed E-state index contributed by atoms with van der Waals surface area (Å²) >= 11 is 0. The van der Waals surface area contributed by atoms with Gasteiger partial charge in [-0.25, -0.2) is 13.2 Å². The Morgan fingerprint density at radius 2 is 1.46 bits per heavy atom. The molecule has 2 aromatic rings. The van der Waals surface area contributed by atoms with E-state index in [1.54, 1.807) is 12.1 Å². The summed E-state index contributed by atoms with van der Waals surface area (Å²) in [5.41, 5.74) is 7.10. The molecule has 5 N–H and O–H groups in total. The lowest BCUT2D eigenvalue weighted by molar-refractivity contribution is 0.0967. The minimum Gasteiger partial charge on any atom is -0.399 e. The van der Waals surface area contributed by atoms with Crippen LogP contribution in [0.5, 0.6) is 0 Å². The lowest BCUT2D eigenvalue weighted by Gasteiger charge is -2.08. The van der Waals surface area contributed by atoms with Gasteiger partial charge < -0.3 is 11.1 Å². The third-order valence-electron chi connectivity index (χ3n) is 2.85. The number of hydrogen-bond donors (Lipinski definition) is 4. The van der Waals surface area contributed by atoms with Crippen LogP contribution in [0.15, 0.2) is 48.5 Å². The lowest BCUT2D eigenvalue weighted by atomic mass is 10.2. The fourth-order valence-electron chi connectivity index (χ4n) is 1.81. The first-order valence-corrected chi connectivity index (χ1v) is 8.68. The maximum Gasteiger partial charge on any atom is 0.326 e. The average molecular weight is 348 g/mol. The van der Waals surface area contributed by atoms with E-state index in [4.69, 9.17) is 5.73 Å². The van der Waals surface area contributed by atoms with E-state index in [2.05, 4.69) is 15.4 Å². The molecular formula is C15H16N4O4S. The fourth-order valence-corrected chi connectivity index (χ4v) is 2.37. The molecule has 0 fully saturated rings. The van der Waals surface area contributed by atoms with Gasteiger partial charge in [0.1, 0.15) is 0 Å². The van der Waals surface area contributed by atoms with E-state index in [1.807, 2.05) is 0 Å². The quantitative estimate of drug-likeness (QED) is 0.624. The predicted molar refractivity (Wildman–Crippen MR) is 92.2 cm³/mol. The molecule has 24 heavy (non-hydrogen) atoms. The number of nitrogens with one attached hydrogen (secondary N) is 3. The van der Waals surface area contributed by atoms with Crippen molar-refractivity contribution in [2.45, 2.75) is 0 Å². The molecule has 9 heteroatoms. The highest BCUT2D eigenvalue weighted by Gasteiger charge is 2.10. The van der Waals surface area contributed by atoms with E-state index >= 15 is 0 Å². The van der Waals surface area contributed by atoms with Crippen molar-refractivity contribution in [3.05, 3.63) is 54.1 Å². The third kappa shape index (κ3) is 5.29. The van der Waals surface area contributed by atoms with Crippen molar-refractivity contribution < 1.29 is 18.0 Å². The summed E-state index contributed by atoms with van der Waals surface area (Å²) in [7, 11) is -3.37.